The molecule has 0 aromatic heterocycles. The minimum absolute atomic E-state index is 0.0412. The van der Waals surface area contributed by atoms with Crippen molar-refractivity contribution in [3.8, 4) is 0 Å². The lowest BCUT2D eigenvalue weighted by molar-refractivity contribution is -0.137. The zero-order valence-corrected chi connectivity index (χ0v) is 16.7. The Morgan fingerprint density at radius 1 is 1.38 bits per heavy atom. The predicted molar refractivity (Wildman–Crippen MR) is 99.6 cm³/mol. The van der Waals surface area contributed by atoms with Gasteiger partial charge in [0.1, 0.15) is 0 Å². The van der Waals surface area contributed by atoms with Gasteiger partial charge in [-0.25, -0.2) is 8.42 Å². The van der Waals surface area contributed by atoms with Crippen LogP contribution in [0.4, 0.5) is 13.2 Å². The van der Waals surface area contributed by atoms with Crippen molar-refractivity contribution in [3.63, 3.8) is 0 Å². The molecule has 162 valence electrons. The Labute approximate surface area is 167 Å². The van der Waals surface area contributed by atoms with Crippen molar-refractivity contribution < 1.29 is 31.2 Å². The Morgan fingerprint density at radius 3 is 2.66 bits per heavy atom. The van der Waals surface area contributed by atoms with Crippen LogP contribution < -0.4 is 11.2 Å². The molecule has 0 saturated heterocycles. The summed E-state index contributed by atoms with van der Waals surface area (Å²) in [5.41, 5.74) is 7.48. The first kappa shape index (κ1) is 23.2. The van der Waals surface area contributed by atoms with E-state index < -0.39 is 38.7 Å². The molecule has 7 nitrogen and oxygen atoms in total. The second-order valence-electron chi connectivity index (χ2n) is 6.62. The largest absolute Gasteiger partial charge is 0.416 e. The number of halogens is 3. The minimum atomic E-state index is -4.63. The number of nitrogens with one attached hydrogen (secondary N) is 1. The first-order valence-electron chi connectivity index (χ1n) is 9.13. The van der Waals surface area contributed by atoms with Gasteiger partial charge >= 0.3 is 6.18 Å². The molecule has 0 fully saturated rings. The van der Waals surface area contributed by atoms with Crippen LogP contribution in [0.3, 0.4) is 0 Å². The fraction of sp³-hybridized carbons (Fsp3) is 0.500. The zero-order valence-electron chi connectivity index (χ0n) is 15.9. The van der Waals surface area contributed by atoms with Crippen LogP contribution in [0, 0.1) is 0 Å². The number of unbranched alkanes of at least 4 members (excludes halogenated alkanes) is 1. The van der Waals surface area contributed by atoms with Crippen molar-refractivity contribution in [2.75, 3.05) is 13.1 Å². The quantitative estimate of drug-likeness (QED) is 0.581. The van der Waals surface area contributed by atoms with E-state index in [4.69, 9.17) is 10.6 Å². The number of benzene rings is 1. The van der Waals surface area contributed by atoms with Crippen LogP contribution >= 0.6 is 0 Å². The van der Waals surface area contributed by atoms with Gasteiger partial charge in [-0.05, 0) is 30.7 Å². The second kappa shape index (κ2) is 9.59. The zero-order chi connectivity index (χ0) is 21.7. The highest BCUT2D eigenvalue weighted by Crippen LogP contribution is 2.31. The van der Waals surface area contributed by atoms with E-state index in [0.29, 0.717) is 18.2 Å². The van der Waals surface area contributed by atoms with E-state index in [9.17, 15) is 26.4 Å². The average molecular weight is 435 g/mol. The van der Waals surface area contributed by atoms with Crippen molar-refractivity contribution in [1.29, 1.82) is 0 Å². The second-order valence-corrected chi connectivity index (χ2v) is 8.56. The minimum Gasteiger partial charge on any atom is -0.367 e. The van der Waals surface area contributed by atoms with Gasteiger partial charge in [0.2, 0.25) is 15.9 Å². The third-order valence-corrected chi connectivity index (χ3v) is 6.30. The van der Waals surface area contributed by atoms with Gasteiger partial charge in [-0.15, -0.1) is 0 Å². The highest BCUT2D eigenvalue weighted by molar-refractivity contribution is 7.89. The molecule has 0 saturated carbocycles. The molecule has 1 aliphatic heterocycles. The molecule has 11 heteroatoms. The van der Waals surface area contributed by atoms with Crippen molar-refractivity contribution in [3.05, 3.63) is 41.6 Å². The molecule has 0 aliphatic carbocycles. The number of carbonyl (C=O) groups is 1. The molecule has 0 spiro atoms. The van der Waals surface area contributed by atoms with Crippen LogP contribution in [0.1, 0.15) is 38.2 Å². The van der Waals surface area contributed by atoms with Crippen LogP contribution in [-0.4, -0.2) is 37.8 Å². The normalized spacial score (nSPS) is 16.9. The van der Waals surface area contributed by atoms with E-state index in [-0.39, 0.29) is 19.5 Å². The third-order valence-electron chi connectivity index (χ3n) is 4.44. The Bertz CT molecular complexity index is 856. The van der Waals surface area contributed by atoms with Crippen LogP contribution in [0.25, 0.3) is 0 Å². The average Bonchev–Trinajstić information content (AvgIpc) is 2.67. The summed E-state index contributed by atoms with van der Waals surface area (Å²) >= 11 is 0. The van der Waals surface area contributed by atoms with Gasteiger partial charge in [-0.3, -0.25) is 15.1 Å². The molecule has 1 aliphatic rings. The van der Waals surface area contributed by atoms with Gasteiger partial charge in [0.25, 0.3) is 0 Å². The van der Waals surface area contributed by atoms with Gasteiger partial charge in [-0.1, -0.05) is 25.8 Å². The Morgan fingerprint density at radius 2 is 2.10 bits per heavy atom. The number of nitrogens with zero attached hydrogens (tertiary/aromatic N) is 1. The molecule has 3 N–H and O–H groups in total. The van der Waals surface area contributed by atoms with E-state index in [2.05, 4.69) is 5.48 Å². The smallest absolute Gasteiger partial charge is 0.367 e. The van der Waals surface area contributed by atoms with Gasteiger partial charge in [0, 0.05) is 25.2 Å². The first-order valence-corrected chi connectivity index (χ1v) is 10.6. The number of rotatable bonds is 9. The molecule has 1 unspecified atom stereocenters. The third kappa shape index (κ3) is 6.18. The van der Waals surface area contributed by atoms with Gasteiger partial charge < -0.3 is 5.73 Å². The summed E-state index contributed by atoms with van der Waals surface area (Å²) in [6.45, 7) is 1.98. The van der Waals surface area contributed by atoms with Crippen LogP contribution in [0.5, 0.6) is 0 Å². The number of hydrogen-bond donors (Lipinski definition) is 2. The van der Waals surface area contributed by atoms with Gasteiger partial charge in [0.15, 0.2) is 6.10 Å². The fourth-order valence-electron chi connectivity index (χ4n) is 2.74. The predicted octanol–water partition coefficient (Wildman–Crippen LogP) is 2.55. The Kier molecular flexibility index (Phi) is 7.66. The summed E-state index contributed by atoms with van der Waals surface area (Å²) in [5, 5.41) is 0. The van der Waals surface area contributed by atoms with E-state index in [1.165, 1.54) is 0 Å². The van der Waals surface area contributed by atoms with Gasteiger partial charge in [0.05, 0.1) is 10.5 Å². The highest BCUT2D eigenvalue weighted by atomic mass is 32.2. The Hall–Kier alpha value is -2.11. The fourth-order valence-corrected chi connectivity index (χ4v) is 4.17. The number of amides is 1. The Balaban J connectivity index is 2.03. The monoisotopic (exact) mass is 435 g/mol. The summed E-state index contributed by atoms with van der Waals surface area (Å²) < 4.78 is 65.0. The highest BCUT2D eigenvalue weighted by Gasteiger charge is 2.33. The molecule has 1 amide bonds. The van der Waals surface area contributed by atoms with Crippen molar-refractivity contribution in [1.82, 2.24) is 9.79 Å². The molecule has 0 radical (unpaired) electrons. The number of sulfonamides is 1. The first-order chi connectivity index (χ1) is 13.6. The molecular weight excluding hydrogens is 411 g/mol. The number of alkyl halides is 3. The van der Waals surface area contributed by atoms with Crippen LogP contribution in [0.15, 0.2) is 40.9 Å². The van der Waals surface area contributed by atoms with Crippen molar-refractivity contribution in [2.24, 2.45) is 5.73 Å². The number of nitrogens with two attached hydrogens (primary N) is 1. The molecule has 2 rings (SSSR count). The lowest BCUT2D eigenvalue weighted by Crippen LogP contribution is -2.39. The van der Waals surface area contributed by atoms with Gasteiger partial charge in [-0.2, -0.15) is 17.5 Å². The molecule has 0 bridgehead atoms. The summed E-state index contributed by atoms with van der Waals surface area (Å²) in [6.07, 6.45) is -1.54. The lowest BCUT2D eigenvalue weighted by atomic mass is 10.1. The van der Waals surface area contributed by atoms with Crippen molar-refractivity contribution >= 4 is 15.9 Å². The van der Waals surface area contributed by atoms with Crippen molar-refractivity contribution in [2.45, 2.75) is 49.8 Å². The number of carbonyl (C=O) groups excluding carboxylic acids is 1. The SMILES string of the molecule is CCCCC(ONC1=CCN(S(=O)(=O)c2cccc(C(F)(F)F)c2)CC1)C(N)=O. The number of hydrogen-bond acceptors (Lipinski definition) is 5. The number of primary amides is 1. The summed E-state index contributed by atoms with van der Waals surface area (Å²) in [4.78, 5) is 16.3. The summed E-state index contributed by atoms with van der Waals surface area (Å²) in [5.74, 6) is -0.601. The molecular formula is C18H24F3N3O4S. The number of hydroxylamine groups is 1. The van der Waals surface area contributed by atoms with Crippen LogP contribution in [-0.2, 0) is 25.8 Å². The summed E-state index contributed by atoms with van der Waals surface area (Å²) in [6, 6.07) is 3.65. The van der Waals surface area contributed by atoms with E-state index in [1.807, 2.05) is 6.92 Å². The molecule has 1 heterocycles. The summed E-state index contributed by atoms with van der Waals surface area (Å²) in [7, 11) is -4.08. The van der Waals surface area contributed by atoms with Crippen LogP contribution in [0.2, 0.25) is 0 Å². The molecule has 1 atom stereocenters. The molecule has 29 heavy (non-hydrogen) atoms. The standard InChI is InChI=1S/C18H24F3N3O4S/c1-2-3-7-16(17(22)25)28-23-14-8-10-24(11-9-14)29(26,27)15-6-4-5-13(12-15)18(19,20)21/h4-6,8,12,16,23H,2-3,7,9-11H2,1H3,(H2,22,25). The maximum atomic E-state index is 12.9. The maximum absolute atomic E-state index is 12.9. The van der Waals surface area contributed by atoms with E-state index in [1.54, 1.807) is 6.08 Å². The molecule has 1 aromatic rings. The lowest BCUT2D eigenvalue weighted by Gasteiger charge is -2.27. The molecule has 1 aromatic carbocycles. The topological polar surface area (TPSA) is 102 Å². The maximum Gasteiger partial charge on any atom is 0.416 e. The van der Waals surface area contributed by atoms with E-state index >= 15 is 0 Å². The van der Waals surface area contributed by atoms with E-state index in [0.717, 1.165) is 35.3 Å².